The Morgan fingerprint density at radius 3 is 1.62 bits per heavy atom. The van der Waals surface area contributed by atoms with Gasteiger partial charge in [0.25, 0.3) is 0 Å². The van der Waals surface area contributed by atoms with E-state index >= 15 is 0 Å². The first-order chi connectivity index (χ1) is 25.7. The van der Waals surface area contributed by atoms with E-state index in [4.69, 9.17) is 19.1 Å². The fraction of sp³-hybridized carbons (Fsp3) is 0.810. The van der Waals surface area contributed by atoms with Crippen molar-refractivity contribution in [2.24, 2.45) is 0 Å². The Kier molecular flexibility index (Phi) is 37.2. The second-order valence-electron chi connectivity index (χ2n) is 14.1. The molecule has 0 rings (SSSR count). The Morgan fingerprint density at radius 2 is 1.08 bits per heavy atom. The molecule has 0 aliphatic heterocycles. The summed E-state index contributed by atoms with van der Waals surface area (Å²) in [4.78, 5) is 34.9. The first kappa shape index (κ1) is 51.2. The van der Waals surface area contributed by atoms with E-state index in [2.05, 4.69) is 42.3 Å². The van der Waals surface area contributed by atoms with Crippen LogP contribution in [0.4, 0.5) is 0 Å². The highest BCUT2D eigenvalue weighted by molar-refractivity contribution is 7.47. The summed E-state index contributed by atoms with van der Waals surface area (Å²) >= 11 is 0. The Morgan fingerprint density at radius 1 is 0.623 bits per heavy atom. The Labute approximate surface area is 322 Å². The molecule has 0 aliphatic rings. The molecule has 0 saturated carbocycles. The lowest BCUT2D eigenvalue weighted by Gasteiger charge is -2.20. The third kappa shape index (κ3) is 38.3. The van der Waals surface area contributed by atoms with Crippen molar-refractivity contribution < 1.29 is 47.8 Å². The van der Waals surface area contributed by atoms with Crippen LogP contribution in [0.15, 0.2) is 37.0 Å². The van der Waals surface area contributed by atoms with Crippen LogP contribution in [-0.4, -0.2) is 65.7 Å². The molecule has 3 atom stereocenters. The maximum absolute atomic E-state index is 12.6. The number of hydrogen-bond acceptors (Lipinski definition) is 9. The fourth-order valence-electron chi connectivity index (χ4n) is 5.65. The molecule has 0 heterocycles. The third-order valence-electron chi connectivity index (χ3n) is 8.91. The van der Waals surface area contributed by atoms with Crippen molar-refractivity contribution in [1.82, 2.24) is 0 Å². The topological polar surface area (TPSA) is 149 Å². The Balaban J connectivity index is 4.35. The van der Waals surface area contributed by atoms with Crippen molar-refractivity contribution in [2.75, 3.05) is 26.4 Å². The minimum Gasteiger partial charge on any atom is -0.462 e. The molecule has 53 heavy (non-hydrogen) atoms. The Bertz CT molecular complexity index is 970. The highest BCUT2D eigenvalue weighted by Gasteiger charge is 2.27. The van der Waals surface area contributed by atoms with E-state index in [9.17, 15) is 24.2 Å². The molecular formula is C42H77O10P. The van der Waals surface area contributed by atoms with Gasteiger partial charge in [0.05, 0.1) is 19.8 Å². The molecule has 0 amide bonds. The normalized spacial score (nSPS) is 14.0. The minimum absolute atomic E-state index is 0.142. The number of esters is 2. The molecule has 0 saturated heterocycles. The van der Waals surface area contributed by atoms with Crippen LogP contribution in [0, 0.1) is 0 Å². The number of aliphatic hydroxyl groups excluding tert-OH is 2. The summed E-state index contributed by atoms with van der Waals surface area (Å²) in [6, 6.07) is 0. The predicted octanol–water partition coefficient (Wildman–Crippen LogP) is 10.8. The molecule has 0 aliphatic carbocycles. The number of carbonyl (C=O) groups is 2. The molecule has 0 radical (unpaired) electrons. The van der Waals surface area contributed by atoms with Gasteiger partial charge in [0.15, 0.2) is 6.10 Å². The molecule has 0 aromatic rings. The van der Waals surface area contributed by atoms with Gasteiger partial charge in [-0.15, -0.1) is 6.58 Å². The van der Waals surface area contributed by atoms with Gasteiger partial charge in [-0.05, 0) is 57.8 Å². The molecule has 0 fully saturated rings. The fourth-order valence-corrected chi connectivity index (χ4v) is 6.44. The molecule has 11 heteroatoms. The van der Waals surface area contributed by atoms with Crippen molar-refractivity contribution >= 4 is 19.8 Å². The molecular weight excluding hydrogens is 695 g/mol. The molecule has 0 aromatic carbocycles. The average molecular weight is 773 g/mol. The quantitative estimate of drug-likeness (QED) is 0.0238. The number of hydrogen-bond donors (Lipinski definition) is 3. The van der Waals surface area contributed by atoms with E-state index < -0.39 is 51.8 Å². The van der Waals surface area contributed by atoms with Crippen molar-refractivity contribution in [3.63, 3.8) is 0 Å². The van der Waals surface area contributed by atoms with Crippen LogP contribution >= 0.6 is 7.82 Å². The van der Waals surface area contributed by atoms with Crippen molar-refractivity contribution in [3.8, 4) is 0 Å². The van der Waals surface area contributed by atoms with Crippen LogP contribution < -0.4 is 0 Å². The first-order valence-corrected chi connectivity index (χ1v) is 22.4. The number of allylic oxidation sites excluding steroid dienone is 5. The number of carbonyl (C=O) groups excluding carboxylic acids is 2. The average Bonchev–Trinajstić information content (AvgIpc) is 3.14. The van der Waals surface area contributed by atoms with Gasteiger partial charge in [0.1, 0.15) is 12.7 Å². The number of unbranched alkanes of at least 4 members (excludes halogenated alkanes) is 21. The van der Waals surface area contributed by atoms with Gasteiger partial charge in [0, 0.05) is 12.8 Å². The number of aliphatic hydroxyl groups is 2. The maximum Gasteiger partial charge on any atom is 0.472 e. The lowest BCUT2D eigenvalue weighted by molar-refractivity contribution is -0.161. The highest BCUT2D eigenvalue weighted by atomic mass is 31.2. The summed E-state index contributed by atoms with van der Waals surface area (Å²) in [7, 11) is -4.62. The minimum atomic E-state index is -4.62. The molecule has 3 N–H and O–H groups in total. The number of phosphoric ester groups is 1. The van der Waals surface area contributed by atoms with Gasteiger partial charge in [-0.3, -0.25) is 18.6 Å². The zero-order valence-corrected chi connectivity index (χ0v) is 34.2. The van der Waals surface area contributed by atoms with Crippen molar-refractivity contribution in [3.05, 3.63) is 37.0 Å². The van der Waals surface area contributed by atoms with Crippen LogP contribution in [0.2, 0.25) is 0 Å². The monoisotopic (exact) mass is 773 g/mol. The number of phosphoric acid groups is 1. The van der Waals surface area contributed by atoms with Gasteiger partial charge in [-0.1, -0.05) is 140 Å². The van der Waals surface area contributed by atoms with Crippen LogP contribution in [-0.2, 0) is 32.7 Å². The lowest BCUT2D eigenvalue weighted by Crippen LogP contribution is -2.29. The van der Waals surface area contributed by atoms with Crippen molar-refractivity contribution in [1.29, 1.82) is 0 Å². The summed E-state index contributed by atoms with van der Waals surface area (Å²) < 4.78 is 32.6. The summed E-state index contributed by atoms with van der Waals surface area (Å²) in [6.07, 6.45) is 37.2. The van der Waals surface area contributed by atoms with E-state index in [0.29, 0.717) is 12.8 Å². The highest BCUT2D eigenvalue weighted by Crippen LogP contribution is 2.43. The summed E-state index contributed by atoms with van der Waals surface area (Å²) in [5.74, 6) is -0.964. The molecule has 310 valence electrons. The van der Waals surface area contributed by atoms with E-state index in [0.717, 1.165) is 51.4 Å². The lowest BCUT2D eigenvalue weighted by atomic mass is 10.0. The van der Waals surface area contributed by atoms with E-state index in [-0.39, 0.29) is 19.4 Å². The largest absolute Gasteiger partial charge is 0.472 e. The second kappa shape index (κ2) is 38.5. The van der Waals surface area contributed by atoms with Crippen LogP contribution in [0.3, 0.4) is 0 Å². The van der Waals surface area contributed by atoms with Crippen LogP contribution in [0.25, 0.3) is 0 Å². The smallest absolute Gasteiger partial charge is 0.462 e. The molecule has 10 nitrogen and oxygen atoms in total. The van der Waals surface area contributed by atoms with Gasteiger partial charge < -0.3 is 24.6 Å². The summed E-state index contributed by atoms with van der Waals surface area (Å²) in [5, 5.41) is 18.3. The zero-order chi connectivity index (χ0) is 39.1. The zero-order valence-electron chi connectivity index (χ0n) is 33.3. The molecule has 1 unspecified atom stereocenters. The number of rotatable bonds is 40. The van der Waals surface area contributed by atoms with E-state index in [1.807, 2.05) is 6.08 Å². The summed E-state index contributed by atoms with van der Waals surface area (Å²) in [5.41, 5.74) is 0. The predicted molar refractivity (Wildman–Crippen MR) is 214 cm³/mol. The van der Waals surface area contributed by atoms with Gasteiger partial charge >= 0.3 is 19.8 Å². The van der Waals surface area contributed by atoms with Crippen LogP contribution in [0.1, 0.15) is 180 Å². The Hall–Kier alpha value is -1.81. The summed E-state index contributed by atoms with van der Waals surface area (Å²) in [6.45, 7) is 3.85. The van der Waals surface area contributed by atoms with E-state index in [1.54, 1.807) is 0 Å². The third-order valence-corrected chi connectivity index (χ3v) is 9.86. The maximum atomic E-state index is 12.6. The molecule has 0 aromatic heterocycles. The van der Waals surface area contributed by atoms with E-state index in [1.165, 1.54) is 96.3 Å². The SMILES string of the molecule is C=CCCCCCCCCCCCCCCCC(=O)OC[C@H](COP(=O)(O)OC[C@@H](O)CO)OC(=O)CCCC/C=C/C/C=C/CCCCCCCC. The standard InChI is InChI=1S/C42H77O10P/c1-3-5-7-9-11-13-15-17-19-21-23-25-27-29-31-33-41(45)49-37-40(38-51-53(47,48)50-36-39(44)35-43)52-42(46)34-32-30-28-26-24-22-20-18-16-14-12-10-8-6-4-2/h3,18,20,24,26,39-40,43-44H,1,4-17,19,21-23,25,27-38H2,2H3,(H,47,48)/b20-18+,26-24+/t39-,40+/m0/s1. The molecule has 0 spiro atoms. The van der Waals surface area contributed by atoms with Gasteiger partial charge in [0.2, 0.25) is 0 Å². The number of ether oxygens (including phenoxy) is 2. The van der Waals surface area contributed by atoms with Crippen LogP contribution in [0.5, 0.6) is 0 Å². The first-order valence-electron chi connectivity index (χ1n) is 20.9. The van der Waals surface area contributed by atoms with Gasteiger partial charge in [-0.25, -0.2) is 4.57 Å². The van der Waals surface area contributed by atoms with Gasteiger partial charge in [-0.2, -0.15) is 0 Å². The van der Waals surface area contributed by atoms with Crippen molar-refractivity contribution in [2.45, 2.75) is 192 Å². The second-order valence-corrected chi connectivity index (χ2v) is 15.5. The molecule has 0 bridgehead atoms.